The van der Waals surface area contributed by atoms with E-state index in [0.717, 1.165) is 42.9 Å². The van der Waals surface area contributed by atoms with Gasteiger partial charge in [0.25, 0.3) is 0 Å². The van der Waals surface area contributed by atoms with Gasteiger partial charge in [-0.05, 0) is 57.1 Å². The van der Waals surface area contributed by atoms with E-state index in [-0.39, 0.29) is 5.97 Å². The molecule has 0 atom stereocenters. The molecule has 0 radical (unpaired) electrons. The third-order valence-corrected chi connectivity index (χ3v) is 4.73. The van der Waals surface area contributed by atoms with Crippen LogP contribution in [-0.2, 0) is 16.0 Å². The lowest BCUT2D eigenvalue weighted by Gasteiger charge is -2.34. The van der Waals surface area contributed by atoms with Crippen LogP contribution in [0.5, 0.6) is 5.75 Å². The topological polar surface area (TPSA) is 73.6 Å². The predicted molar refractivity (Wildman–Crippen MR) is 93.4 cm³/mol. The Morgan fingerprint density at radius 2 is 2.00 bits per heavy atom. The third-order valence-electron chi connectivity index (χ3n) is 4.73. The zero-order valence-corrected chi connectivity index (χ0v) is 14.7. The SMILES string of the molecule is CCOC(=O)C1(Cc2cc(-c3ccc(OC)cc3)no2)CCNCC1. The molecule has 0 bridgehead atoms. The van der Waals surface area contributed by atoms with Crippen LogP contribution >= 0.6 is 0 Å². The maximum Gasteiger partial charge on any atom is 0.312 e. The normalized spacial score (nSPS) is 16.4. The molecule has 1 fully saturated rings. The molecule has 2 aromatic rings. The van der Waals surface area contributed by atoms with E-state index in [1.54, 1.807) is 7.11 Å². The first-order valence-corrected chi connectivity index (χ1v) is 8.65. The van der Waals surface area contributed by atoms with Gasteiger partial charge in [0.05, 0.1) is 19.1 Å². The lowest BCUT2D eigenvalue weighted by atomic mass is 9.75. The number of carbonyl (C=O) groups is 1. The number of nitrogens with zero attached hydrogens (tertiary/aromatic N) is 1. The Hall–Kier alpha value is -2.34. The minimum atomic E-state index is -0.530. The molecule has 0 saturated carbocycles. The molecule has 3 rings (SSSR count). The number of rotatable bonds is 6. The molecule has 1 N–H and O–H groups in total. The van der Waals surface area contributed by atoms with Crippen LogP contribution in [-0.4, -0.2) is 37.9 Å². The molecule has 6 heteroatoms. The Morgan fingerprint density at radius 1 is 1.28 bits per heavy atom. The number of aromatic nitrogens is 1. The first-order valence-electron chi connectivity index (χ1n) is 8.65. The van der Waals surface area contributed by atoms with E-state index in [2.05, 4.69) is 10.5 Å². The highest BCUT2D eigenvalue weighted by atomic mass is 16.5. The van der Waals surface area contributed by atoms with Crippen LogP contribution in [0.25, 0.3) is 11.3 Å². The number of esters is 1. The third kappa shape index (κ3) is 3.85. The van der Waals surface area contributed by atoms with Crippen LogP contribution in [0.2, 0.25) is 0 Å². The first-order chi connectivity index (χ1) is 12.2. The van der Waals surface area contributed by atoms with Crippen LogP contribution in [0.4, 0.5) is 0 Å². The van der Waals surface area contributed by atoms with E-state index in [1.807, 2.05) is 37.3 Å². The fraction of sp³-hybridized carbons (Fsp3) is 0.474. The highest BCUT2D eigenvalue weighted by Crippen LogP contribution is 2.35. The molecule has 25 heavy (non-hydrogen) atoms. The molecule has 2 heterocycles. The van der Waals surface area contributed by atoms with E-state index in [1.165, 1.54) is 0 Å². The Kier molecular flexibility index (Phi) is 5.38. The highest BCUT2D eigenvalue weighted by Gasteiger charge is 2.42. The summed E-state index contributed by atoms with van der Waals surface area (Å²) in [6.07, 6.45) is 1.99. The zero-order valence-electron chi connectivity index (χ0n) is 14.7. The van der Waals surface area contributed by atoms with E-state index >= 15 is 0 Å². The molecule has 1 aliphatic rings. The average molecular weight is 344 g/mol. The van der Waals surface area contributed by atoms with E-state index in [9.17, 15) is 4.79 Å². The first kappa shape index (κ1) is 17.5. The minimum Gasteiger partial charge on any atom is -0.497 e. The molecule has 134 valence electrons. The number of methoxy groups -OCH3 is 1. The lowest BCUT2D eigenvalue weighted by Crippen LogP contribution is -2.44. The van der Waals surface area contributed by atoms with Crippen molar-refractivity contribution in [3.05, 3.63) is 36.1 Å². The summed E-state index contributed by atoms with van der Waals surface area (Å²) in [6.45, 7) is 3.83. The Morgan fingerprint density at radius 3 is 2.64 bits per heavy atom. The number of carbonyl (C=O) groups excluding carboxylic acids is 1. The molecule has 0 aliphatic carbocycles. The fourth-order valence-electron chi connectivity index (χ4n) is 3.27. The number of hydrogen-bond donors (Lipinski definition) is 1. The van der Waals surface area contributed by atoms with E-state index in [0.29, 0.717) is 18.8 Å². The summed E-state index contributed by atoms with van der Waals surface area (Å²) >= 11 is 0. The molecule has 1 aromatic heterocycles. The smallest absolute Gasteiger partial charge is 0.312 e. The molecular formula is C19H24N2O4. The van der Waals surface area contributed by atoms with Crippen LogP contribution < -0.4 is 10.1 Å². The molecule has 0 spiro atoms. The number of ether oxygens (including phenoxy) is 2. The van der Waals surface area contributed by atoms with Crippen molar-refractivity contribution in [3.63, 3.8) is 0 Å². The van der Waals surface area contributed by atoms with Crippen molar-refractivity contribution in [1.82, 2.24) is 10.5 Å². The second kappa shape index (κ2) is 7.70. The van der Waals surface area contributed by atoms with Crippen molar-refractivity contribution in [2.24, 2.45) is 5.41 Å². The monoisotopic (exact) mass is 344 g/mol. The van der Waals surface area contributed by atoms with Crippen LogP contribution in [0.1, 0.15) is 25.5 Å². The van der Waals surface area contributed by atoms with Gasteiger partial charge in [-0.2, -0.15) is 0 Å². The van der Waals surface area contributed by atoms with Gasteiger partial charge in [0.1, 0.15) is 17.2 Å². The van der Waals surface area contributed by atoms with Gasteiger partial charge in [-0.1, -0.05) is 5.16 Å². The maximum atomic E-state index is 12.5. The summed E-state index contributed by atoms with van der Waals surface area (Å²) < 4.78 is 16.0. The van der Waals surface area contributed by atoms with Gasteiger partial charge < -0.3 is 19.3 Å². The summed E-state index contributed by atoms with van der Waals surface area (Å²) in [6, 6.07) is 9.55. The molecule has 0 amide bonds. The van der Waals surface area contributed by atoms with Crippen LogP contribution in [0.15, 0.2) is 34.9 Å². The van der Waals surface area contributed by atoms with Gasteiger partial charge in [0.2, 0.25) is 0 Å². The summed E-state index contributed by atoms with van der Waals surface area (Å²) in [5, 5.41) is 7.46. The largest absolute Gasteiger partial charge is 0.497 e. The summed E-state index contributed by atoms with van der Waals surface area (Å²) in [5.74, 6) is 1.36. The van der Waals surface area contributed by atoms with Crippen molar-refractivity contribution in [2.75, 3.05) is 26.8 Å². The Bertz CT molecular complexity index is 702. The van der Waals surface area contributed by atoms with Gasteiger partial charge in [-0.15, -0.1) is 0 Å². The van der Waals surface area contributed by atoms with Crippen molar-refractivity contribution >= 4 is 5.97 Å². The Balaban J connectivity index is 1.79. The lowest BCUT2D eigenvalue weighted by molar-refractivity contribution is -0.157. The van der Waals surface area contributed by atoms with Crippen molar-refractivity contribution in [3.8, 4) is 17.0 Å². The van der Waals surface area contributed by atoms with E-state index in [4.69, 9.17) is 14.0 Å². The van der Waals surface area contributed by atoms with Gasteiger partial charge in [0, 0.05) is 18.1 Å². The number of benzene rings is 1. The maximum absolute atomic E-state index is 12.5. The Labute approximate surface area is 147 Å². The van der Waals surface area contributed by atoms with E-state index < -0.39 is 5.41 Å². The van der Waals surface area contributed by atoms with Crippen molar-refractivity contribution in [2.45, 2.75) is 26.2 Å². The molecule has 1 aromatic carbocycles. The second-order valence-corrected chi connectivity index (χ2v) is 6.33. The highest BCUT2D eigenvalue weighted by molar-refractivity contribution is 5.77. The second-order valence-electron chi connectivity index (χ2n) is 6.33. The average Bonchev–Trinajstić information content (AvgIpc) is 3.11. The summed E-state index contributed by atoms with van der Waals surface area (Å²) in [5.41, 5.74) is 1.18. The van der Waals surface area contributed by atoms with Gasteiger partial charge in [-0.25, -0.2) is 0 Å². The predicted octanol–water partition coefficient (Wildman–Crippen LogP) is 2.83. The van der Waals surface area contributed by atoms with Crippen LogP contribution in [0, 0.1) is 5.41 Å². The number of piperidine rings is 1. The van der Waals surface area contributed by atoms with Crippen molar-refractivity contribution < 1.29 is 18.8 Å². The van der Waals surface area contributed by atoms with Crippen molar-refractivity contribution in [1.29, 1.82) is 0 Å². The number of nitrogens with one attached hydrogen (secondary N) is 1. The summed E-state index contributed by atoms with van der Waals surface area (Å²) in [4.78, 5) is 12.5. The molecule has 0 unspecified atom stereocenters. The van der Waals surface area contributed by atoms with Gasteiger partial charge in [0.15, 0.2) is 0 Å². The summed E-state index contributed by atoms with van der Waals surface area (Å²) in [7, 11) is 1.64. The molecule has 1 saturated heterocycles. The van der Waals surface area contributed by atoms with Gasteiger partial charge >= 0.3 is 5.97 Å². The number of hydrogen-bond acceptors (Lipinski definition) is 6. The zero-order chi connectivity index (χ0) is 17.7. The fourth-order valence-corrected chi connectivity index (χ4v) is 3.27. The minimum absolute atomic E-state index is 0.140. The van der Waals surface area contributed by atoms with Gasteiger partial charge in [-0.3, -0.25) is 4.79 Å². The molecular weight excluding hydrogens is 320 g/mol. The molecule has 6 nitrogen and oxygen atoms in total. The standard InChI is InChI=1S/C19H24N2O4/c1-3-24-18(22)19(8-10-20-11-9-19)13-16-12-17(21-25-16)14-4-6-15(23-2)7-5-14/h4-7,12,20H,3,8-11,13H2,1-2H3. The van der Waals surface area contributed by atoms with Crippen LogP contribution in [0.3, 0.4) is 0 Å². The molecule has 1 aliphatic heterocycles. The quantitative estimate of drug-likeness (QED) is 0.812.